The number of aromatic nitrogens is 2. The fourth-order valence-corrected chi connectivity index (χ4v) is 2.39. The van der Waals surface area contributed by atoms with Crippen LogP contribution in [-0.4, -0.2) is 17.1 Å². The molecule has 6 heteroatoms. The van der Waals surface area contributed by atoms with Crippen LogP contribution in [-0.2, 0) is 12.4 Å². The van der Waals surface area contributed by atoms with Crippen LogP contribution < -0.4 is 10.1 Å². The molecule has 2 aromatic carbocycles. The van der Waals surface area contributed by atoms with Crippen LogP contribution in [0, 0.1) is 5.82 Å². The molecule has 3 aromatic rings. The number of hydrogen-bond acceptors (Lipinski definition) is 4. The number of nitrogens with one attached hydrogen (secondary N) is 1. The number of alkyl halides is 1. The lowest BCUT2D eigenvalue weighted by Gasteiger charge is -2.11. The van der Waals surface area contributed by atoms with Crippen molar-refractivity contribution in [2.75, 3.05) is 12.4 Å². The Labute approximate surface area is 138 Å². The summed E-state index contributed by atoms with van der Waals surface area (Å²) in [5, 5.41) is 3.86. The van der Waals surface area contributed by atoms with Gasteiger partial charge in [0, 0.05) is 11.9 Å². The van der Waals surface area contributed by atoms with Crippen molar-refractivity contribution in [3.05, 3.63) is 59.7 Å². The molecule has 0 aliphatic rings. The number of benzene rings is 2. The van der Waals surface area contributed by atoms with Crippen molar-refractivity contribution in [2.24, 2.45) is 0 Å². The van der Waals surface area contributed by atoms with E-state index in [1.165, 1.54) is 12.1 Å². The van der Waals surface area contributed by atoms with Gasteiger partial charge in [0.2, 0.25) is 0 Å². The molecule has 0 bridgehead atoms. The number of fused-ring (bicyclic) bond motifs is 1. The van der Waals surface area contributed by atoms with Gasteiger partial charge in [-0.2, -0.15) is 0 Å². The van der Waals surface area contributed by atoms with Crippen molar-refractivity contribution in [1.82, 2.24) is 9.97 Å². The van der Waals surface area contributed by atoms with E-state index in [1.807, 2.05) is 24.3 Å². The fraction of sp³-hybridized carbons (Fsp3) is 0.176. The van der Waals surface area contributed by atoms with Gasteiger partial charge < -0.3 is 10.1 Å². The number of halogens is 2. The Hall–Kier alpha value is -2.40. The van der Waals surface area contributed by atoms with Crippen LogP contribution in [0.1, 0.15) is 11.4 Å². The number of methoxy groups -OCH3 is 1. The molecule has 0 fully saturated rings. The molecule has 118 valence electrons. The second-order valence-corrected chi connectivity index (χ2v) is 5.25. The Morgan fingerprint density at radius 3 is 2.61 bits per heavy atom. The molecule has 0 saturated carbocycles. The molecule has 0 aliphatic heterocycles. The highest BCUT2D eigenvalue weighted by Gasteiger charge is 2.08. The minimum Gasteiger partial charge on any atom is -0.497 e. The quantitative estimate of drug-likeness (QED) is 0.714. The van der Waals surface area contributed by atoms with E-state index in [0.717, 1.165) is 11.3 Å². The summed E-state index contributed by atoms with van der Waals surface area (Å²) in [6, 6.07) is 12.1. The van der Waals surface area contributed by atoms with Gasteiger partial charge in [-0.05, 0) is 35.9 Å². The van der Waals surface area contributed by atoms with Crippen LogP contribution in [0.3, 0.4) is 0 Å². The van der Waals surface area contributed by atoms with Crippen molar-refractivity contribution >= 4 is 28.3 Å². The van der Waals surface area contributed by atoms with E-state index in [0.29, 0.717) is 29.1 Å². The lowest BCUT2D eigenvalue weighted by atomic mass is 10.2. The van der Waals surface area contributed by atoms with E-state index in [4.69, 9.17) is 16.3 Å². The standard InChI is InChI=1S/C17H15ClFN3O/c1-23-13-5-2-11(3-6-13)10-20-17-14-8-12(19)4-7-15(14)21-16(9-18)22-17/h2-8H,9-10H2,1H3,(H,20,21,22). The van der Waals surface area contributed by atoms with Gasteiger partial charge in [0.25, 0.3) is 0 Å². The maximum absolute atomic E-state index is 13.5. The smallest absolute Gasteiger partial charge is 0.146 e. The van der Waals surface area contributed by atoms with Crippen LogP contribution in [0.4, 0.5) is 10.2 Å². The van der Waals surface area contributed by atoms with Crippen molar-refractivity contribution in [3.8, 4) is 5.75 Å². The molecular formula is C17H15ClFN3O. The van der Waals surface area contributed by atoms with Crippen LogP contribution in [0.25, 0.3) is 10.9 Å². The van der Waals surface area contributed by atoms with Gasteiger partial charge in [-0.25, -0.2) is 14.4 Å². The predicted octanol–water partition coefficient (Wildman–Crippen LogP) is 4.13. The van der Waals surface area contributed by atoms with Crippen LogP contribution in [0.15, 0.2) is 42.5 Å². The molecule has 0 saturated heterocycles. The summed E-state index contributed by atoms with van der Waals surface area (Å²) in [5.74, 6) is 1.74. The Morgan fingerprint density at radius 1 is 1.13 bits per heavy atom. The van der Waals surface area contributed by atoms with Crippen LogP contribution >= 0.6 is 11.6 Å². The van der Waals surface area contributed by atoms with Crippen molar-refractivity contribution in [3.63, 3.8) is 0 Å². The van der Waals surface area contributed by atoms with Crippen LogP contribution in [0.2, 0.25) is 0 Å². The summed E-state index contributed by atoms with van der Waals surface area (Å²) in [4.78, 5) is 8.67. The van der Waals surface area contributed by atoms with Gasteiger partial charge in [0.1, 0.15) is 23.2 Å². The molecule has 0 spiro atoms. The van der Waals surface area contributed by atoms with E-state index in [2.05, 4.69) is 15.3 Å². The molecule has 3 rings (SSSR count). The minimum absolute atomic E-state index is 0.199. The summed E-state index contributed by atoms with van der Waals surface area (Å²) in [5.41, 5.74) is 1.72. The van der Waals surface area contributed by atoms with Gasteiger partial charge in [-0.3, -0.25) is 0 Å². The van der Waals surface area contributed by atoms with Crippen molar-refractivity contribution in [2.45, 2.75) is 12.4 Å². The Kier molecular flexibility index (Phi) is 4.57. The molecular weight excluding hydrogens is 317 g/mol. The number of ether oxygens (including phenoxy) is 1. The van der Waals surface area contributed by atoms with Gasteiger partial charge in [-0.15, -0.1) is 11.6 Å². The molecule has 4 nitrogen and oxygen atoms in total. The normalized spacial score (nSPS) is 10.7. The van der Waals surface area contributed by atoms with E-state index < -0.39 is 0 Å². The SMILES string of the molecule is COc1ccc(CNc2nc(CCl)nc3ccc(F)cc23)cc1. The first-order chi connectivity index (χ1) is 11.2. The lowest BCUT2D eigenvalue weighted by Crippen LogP contribution is -2.05. The maximum atomic E-state index is 13.5. The molecule has 0 aliphatic carbocycles. The number of rotatable bonds is 5. The lowest BCUT2D eigenvalue weighted by molar-refractivity contribution is 0.414. The van der Waals surface area contributed by atoms with Gasteiger partial charge >= 0.3 is 0 Å². The third-order valence-corrected chi connectivity index (χ3v) is 3.68. The van der Waals surface area contributed by atoms with Crippen molar-refractivity contribution in [1.29, 1.82) is 0 Å². The molecule has 1 aromatic heterocycles. The molecule has 0 radical (unpaired) electrons. The Morgan fingerprint density at radius 2 is 1.91 bits per heavy atom. The predicted molar refractivity (Wildman–Crippen MR) is 89.4 cm³/mol. The van der Waals surface area contributed by atoms with Gasteiger partial charge in [0.05, 0.1) is 18.5 Å². The first kappa shape index (κ1) is 15.5. The zero-order valence-electron chi connectivity index (χ0n) is 12.5. The average Bonchev–Trinajstić information content (AvgIpc) is 2.60. The summed E-state index contributed by atoms with van der Waals surface area (Å²) in [6.07, 6.45) is 0. The highest BCUT2D eigenvalue weighted by atomic mass is 35.5. The molecule has 1 heterocycles. The minimum atomic E-state index is -0.327. The summed E-state index contributed by atoms with van der Waals surface area (Å²) in [7, 11) is 1.63. The van der Waals surface area contributed by atoms with Crippen LogP contribution in [0.5, 0.6) is 5.75 Å². The largest absolute Gasteiger partial charge is 0.497 e. The third kappa shape index (κ3) is 3.51. The van der Waals surface area contributed by atoms with Gasteiger partial charge in [0.15, 0.2) is 0 Å². The third-order valence-electron chi connectivity index (χ3n) is 3.44. The van der Waals surface area contributed by atoms with Gasteiger partial charge in [-0.1, -0.05) is 12.1 Å². The fourth-order valence-electron chi connectivity index (χ4n) is 2.27. The first-order valence-electron chi connectivity index (χ1n) is 7.08. The van der Waals surface area contributed by atoms with E-state index in [-0.39, 0.29) is 11.7 Å². The molecule has 0 amide bonds. The molecule has 1 N–H and O–H groups in total. The monoisotopic (exact) mass is 331 g/mol. The number of nitrogens with zero attached hydrogens (tertiary/aromatic N) is 2. The summed E-state index contributed by atoms with van der Waals surface area (Å²) < 4.78 is 18.7. The highest BCUT2D eigenvalue weighted by molar-refractivity contribution is 6.16. The number of anilines is 1. The Balaban J connectivity index is 1.89. The summed E-state index contributed by atoms with van der Waals surface area (Å²) >= 11 is 5.84. The second kappa shape index (κ2) is 6.79. The zero-order valence-corrected chi connectivity index (χ0v) is 13.3. The molecule has 23 heavy (non-hydrogen) atoms. The Bertz CT molecular complexity index is 824. The average molecular weight is 332 g/mol. The van der Waals surface area contributed by atoms with E-state index >= 15 is 0 Å². The maximum Gasteiger partial charge on any atom is 0.146 e. The molecule has 0 unspecified atom stereocenters. The number of hydrogen-bond donors (Lipinski definition) is 1. The highest BCUT2D eigenvalue weighted by Crippen LogP contribution is 2.23. The first-order valence-corrected chi connectivity index (χ1v) is 7.62. The molecule has 0 atom stereocenters. The van der Waals surface area contributed by atoms with E-state index in [9.17, 15) is 4.39 Å². The van der Waals surface area contributed by atoms with Crippen molar-refractivity contribution < 1.29 is 9.13 Å². The zero-order chi connectivity index (χ0) is 16.2. The summed E-state index contributed by atoms with van der Waals surface area (Å²) in [6.45, 7) is 0.550. The van der Waals surface area contributed by atoms with E-state index in [1.54, 1.807) is 13.2 Å². The topological polar surface area (TPSA) is 47.0 Å². The second-order valence-electron chi connectivity index (χ2n) is 4.99.